The van der Waals surface area contributed by atoms with E-state index < -0.39 is 0 Å². The lowest BCUT2D eigenvalue weighted by Gasteiger charge is -2.13. The van der Waals surface area contributed by atoms with Gasteiger partial charge in [0.1, 0.15) is 5.76 Å². The van der Waals surface area contributed by atoms with Crippen LogP contribution in [0.2, 0.25) is 0 Å². The van der Waals surface area contributed by atoms with E-state index in [4.69, 9.17) is 9.15 Å². The summed E-state index contributed by atoms with van der Waals surface area (Å²) in [5, 5.41) is 6.32. The summed E-state index contributed by atoms with van der Waals surface area (Å²) in [6.45, 7) is 7.24. The summed E-state index contributed by atoms with van der Waals surface area (Å²) in [6.07, 6.45) is 2.63. The second kappa shape index (κ2) is 7.47. The molecule has 0 radical (unpaired) electrons. The van der Waals surface area contributed by atoms with Crippen molar-refractivity contribution in [3.8, 4) is 6.01 Å². The Labute approximate surface area is 124 Å². The van der Waals surface area contributed by atoms with Crippen LogP contribution in [-0.2, 0) is 0 Å². The number of anilines is 2. The van der Waals surface area contributed by atoms with Crippen molar-refractivity contribution in [2.75, 3.05) is 23.8 Å². The second-order valence-electron chi connectivity index (χ2n) is 4.51. The molecule has 0 aliphatic rings. The van der Waals surface area contributed by atoms with Gasteiger partial charge >= 0.3 is 6.01 Å². The van der Waals surface area contributed by atoms with Crippen LogP contribution in [0.15, 0.2) is 22.8 Å². The highest BCUT2D eigenvalue weighted by Crippen LogP contribution is 2.19. The van der Waals surface area contributed by atoms with Crippen LogP contribution in [0.25, 0.3) is 0 Å². The van der Waals surface area contributed by atoms with Crippen LogP contribution >= 0.6 is 0 Å². The van der Waals surface area contributed by atoms with Gasteiger partial charge in [0, 0.05) is 6.54 Å². The molecule has 7 nitrogen and oxygen atoms in total. The molecule has 0 bridgehead atoms. The molecule has 2 N–H and O–H groups in total. The fourth-order valence-corrected chi connectivity index (χ4v) is 1.73. The summed E-state index contributed by atoms with van der Waals surface area (Å²) < 4.78 is 10.7. The second-order valence-corrected chi connectivity index (χ2v) is 4.51. The number of nitrogens with zero attached hydrogens (tertiary/aromatic N) is 3. The predicted molar refractivity (Wildman–Crippen MR) is 80.5 cm³/mol. The first-order valence-electron chi connectivity index (χ1n) is 7.15. The molecule has 2 aromatic rings. The van der Waals surface area contributed by atoms with E-state index in [1.54, 1.807) is 6.26 Å². The van der Waals surface area contributed by atoms with Crippen molar-refractivity contribution in [3.05, 3.63) is 24.2 Å². The van der Waals surface area contributed by atoms with Crippen LogP contribution < -0.4 is 15.4 Å². The third-order valence-electron chi connectivity index (χ3n) is 2.74. The maximum atomic E-state index is 5.37. The number of ether oxygens (including phenoxy) is 1. The fourth-order valence-electron chi connectivity index (χ4n) is 1.73. The zero-order valence-electron chi connectivity index (χ0n) is 12.6. The summed E-state index contributed by atoms with van der Waals surface area (Å²) in [4.78, 5) is 12.8. The molecule has 0 aromatic carbocycles. The molecule has 0 saturated carbocycles. The average molecular weight is 291 g/mol. The smallest absolute Gasteiger partial charge is 0.323 e. The van der Waals surface area contributed by atoms with Crippen LogP contribution in [-0.4, -0.2) is 28.1 Å². The highest BCUT2D eigenvalue weighted by molar-refractivity contribution is 5.37. The average Bonchev–Trinajstić information content (AvgIpc) is 2.99. The van der Waals surface area contributed by atoms with E-state index in [1.165, 1.54) is 0 Å². The van der Waals surface area contributed by atoms with E-state index in [0.717, 1.165) is 18.7 Å². The minimum absolute atomic E-state index is 0.0455. The molecule has 1 unspecified atom stereocenters. The Morgan fingerprint density at radius 2 is 2.05 bits per heavy atom. The largest absolute Gasteiger partial charge is 0.467 e. The molecule has 1 atom stereocenters. The Balaban J connectivity index is 2.14. The van der Waals surface area contributed by atoms with Gasteiger partial charge in [0.05, 0.1) is 18.9 Å². The number of aromatic nitrogens is 3. The first-order chi connectivity index (χ1) is 10.2. The van der Waals surface area contributed by atoms with Crippen LogP contribution in [0.1, 0.15) is 39.0 Å². The predicted octanol–water partition coefficient (Wildman–Crippen LogP) is 2.86. The molecular weight excluding hydrogens is 270 g/mol. The van der Waals surface area contributed by atoms with Crippen molar-refractivity contribution < 1.29 is 9.15 Å². The first kappa shape index (κ1) is 15.1. The standard InChI is InChI=1S/C14H21N5O2/c1-4-8-15-12-17-13(19-14(18-12)20-5-2)16-10(3)11-7-6-9-21-11/h6-7,9-10H,4-5,8H2,1-3H3,(H2,15,16,17,18,19). The fraction of sp³-hybridized carbons (Fsp3) is 0.500. The lowest BCUT2D eigenvalue weighted by molar-refractivity contribution is 0.312. The molecule has 2 heterocycles. The molecule has 2 aromatic heterocycles. The van der Waals surface area contributed by atoms with Crippen LogP contribution in [0.4, 0.5) is 11.9 Å². The Morgan fingerprint density at radius 1 is 1.24 bits per heavy atom. The molecule has 0 spiro atoms. The quantitative estimate of drug-likeness (QED) is 0.773. The minimum Gasteiger partial charge on any atom is -0.467 e. The summed E-state index contributed by atoms with van der Waals surface area (Å²) in [5.41, 5.74) is 0. The van der Waals surface area contributed by atoms with Gasteiger partial charge in [-0.1, -0.05) is 6.92 Å². The van der Waals surface area contributed by atoms with Crippen LogP contribution in [0, 0.1) is 0 Å². The van der Waals surface area contributed by atoms with Gasteiger partial charge in [-0.25, -0.2) is 0 Å². The third kappa shape index (κ3) is 4.34. The third-order valence-corrected chi connectivity index (χ3v) is 2.74. The number of hydrogen-bond donors (Lipinski definition) is 2. The van der Waals surface area contributed by atoms with Gasteiger partial charge in [0.25, 0.3) is 0 Å². The molecule has 0 amide bonds. The van der Waals surface area contributed by atoms with Crippen molar-refractivity contribution in [3.63, 3.8) is 0 Å². The highest BCUT2D eigenvalue weighted by Gasteiger charge is 2.12. The topological polar surface area (TPSA) is 85.1 Å². The number of hydrogen-bond acceptors (Lipinski definition) is 7. The Morgan fingerprint density at radius 3 is 2.71 bits per heavy atom. The maximum Gasteiger partial charge on any atom is 0.323 e. The van der Waals surface area contributed by atoms with Gasteiger partial charge < -0.3 is 19.8 Å². The maximum absolute atomic E-state index is 5.37. The number of nitrogens with one attached hydrogen (secondary N) is 2. The Bertz CT molecular complexity index is 544. The minimum atomic E-state index is -0.0455. The van der Waals surface area contributed by atoms with E-state index in [2.05, 4.69) is 32.5 Å². The van der Waals surface area contributed by atoms with Crippen molar-refractivity contribution >= 4 is 11.9 Å². The van der Waals surface area contributed by atoms with Crippen LogP contribution in [0.3, 0.4) is 0 Å². The van der Waals surface area contributed by atoms with E-state index in [9.17, 15) is 0 Å². The van der Waals surface area contributed by atoms with Gasteiger partial charge in [-0.3, -0.25) is 0 Å². The van der Waals surface area contributed by atoms with Gasteiger partial charge in [0.15, 0.2) is 0 Å². The summed E-state index contributed by atoms with van der Waals surface area (Å²) in [5.74, 6) is 1.77. The molecule has 114 valence electrons. The highest BCUT2D eigenvalue weighted by atomic mass is 16.5. The SMILES string of the molecule is CCCNc1nc(NC(C)c2ccco2)nc(OCC)n1. The summed E-state index contributed by atoms with van der Waals surface area (Å²) in [7, 11) is 0. The molecular formula is C14H21N5O2. The molecule has 0 aliphatic carbocycles. The molecule has 2 rings (SSSR count). The number of rotatable bonds is 8. The zero-order valence-corrected chi connectivity index (χ0v) is 12.6. The Kier molecular flexibility index (Phi) is 5.36. The molecule has 21 heavy (non-hydrogen) atoms. The van der Waals surface area contributed by atoms with E-state index >= 15 is 0 Å². The van der Waals surface area contributed by atoms with Crippen LogP contribution in [0.5, 0.6) is 6.01 Å². The molecule has 0 aliphatic heterocycles. The van der Waals surface area contributed by atoms with E-state index in [-0.39, 0.29) is 6.04 Å². The monoisotopic (exact) mass is 291 g/mol. The number of furan rings is 1. The molecule has 0 saturated heterocycles. The normalized spacial score (nSPS) is 12.0. The zero-order chi connectivity index (χ0) is 15.1. The molecule has 7 heteroatoms. The van der Waals surface area contributed by atoms with Crippen molar-refractivity contribution in [1.82, 2.24) is 15.0 Å². The van der Waals surface area contributed by atoms with Crippen molar-refractivity contribution in [1.29, 1.82) is 0 Å². The lowest BCUT2D eigenvalue weighted by Crippen LogP contribution is -2.13. The van der Waals surface area contributed by atoms with E-state index in [0.29, 0.717) is 24.5 Å². The van der Waals surface area contributed by atoms with E-state index in [1.807, 2.05) is 26.0 Å². The van der Waals surface area contributed by atoms with Crippen molar-refractivity contribution in [2.45, 2.75) is 33.2 Å². The molecule has 0 fully saturated rings. The van der Waals surface area contributed by atoms with Gasteiger partial charge in [-0.2, -0.15) is 15.0 Å². The van der Waals surface area contributed by atoms with Crippen molar-refractivity contribution in [2.24, 2.45) is 0 Å². The van der Waals surface area contributed by atoms with Gasteiger partial charge in [-0.05, 0) is 32.4 Å². The lowest BCUT2D eigenvalue weighted by atomic mass is 10.2. The summed E-state index contributed by atoms with van der Waals surface area (Å²) in [6, 6.07) is 4.01. The first-order valence-corrected chi connectivity index (χ1v) is 7.15. The Hall–Kier alpha value is -2.31. The van der Waals surface area contributed by atoms with Gasteiger partial charge in [0.2, 0.25) is 11.9 Å². The summed E-state index contributed by atoms with van der Waals surface area (Å²) >= 11 is 0. The van der Waals surface area contributed by atoms with Gasteiger partial charge in [-0.15, -0.1) is 0 Å².